The van der Waals surface area contributed by atoms with Gasteiger partial charge in [0, 0.05) is 6.54 Å². The molecule has 0 fully saturated rings. The smallest absolute Gasteiger partial charge is 0.407 e. The first-order chi connectivity index (χ1) is 8.04. The van der Waals surface area contributed by atoms with Crippen LogP contribution in [0.25, 0.3) is 0 Å². The van der Waals surface area contributed by atoms with Crippen molar-refractivity contribution in [1.82, 2.24) is 5.32 Å². The summed E-state index contributed by atoms with van der Waals surface area (Å²) in [4.78, 5) is 32.8. The van der Waals surface area contributed by atoms with Gasteiger partial charge >= 0.3 is 18.0 Å². The lowest BCUT2D eigenvalue weighted by Gasteiger charge is -2.21. The van der Waals surface area contributed by atoms with Crippen molar-refractivity contribution in [1.29, 1.82) is 0 Å². The van der Waals surface area contributed by atoms with Crippen LogP contribution in [0.2, 0.25) is 0 Å². The maximum Gasteiger partial charge on any atom is 0.407 e. The van der Waals surface area contributed by atoms with E-state index in [1.807, 2.05) is 0 Å². The molecule has 1 unspecified atom stereocenters. The number of hydrogen-bond acceptors (Lipinski definition) is 4. The summed E-state index contributed by atoms with van der Waals surface area (Å²) in [5, 5.41) is 19.8. The molecule has 104 valence electrons. The van der Waals surface area contributed by atoms with Crippen LogP contribution in [0.1, 0.15) is 27.7 Å². The lowest BCUT2D eigenvalue weighted by atomic mass is 9.94. The molecule has 1 amide bonds. The molecule has 0 aromatic heterocycles. The normalized spacial score (nSPS) is 12.9. The number of aliphatic carboxylic acids is 2. The topological polar surface area (TPSA) is 113 Å². The van der Waals surface area contributed by atoms with Crippen LogP contribution in [0, 0.1) is 11.8 Å². The van der Waals surface area contributed by atoms with Gasteiger partial charge in [-0.3, -0.25) is 9.59 Å². The first-order valence-corrected chi connectivity index (χ1v) is 5.47. The first kappa shape index (κ1) is 16.2. The van der Waals surface area contributed by atoms with Crippen molar-refractivity contribution in [3.63, 3.8) is 0 Å². The molecular formula is C11H19NO6. The second kappa shape index (κ2) is 6.23. The van der Waals surface area contributed by atoms with E-state index >= 15 is 0 Å². The van der Waals surface area contributed by atoms with Crippen LogP contribution in [0.3, 0.4) is 0 Å². The molecule has 0 aliphatic carbocycles. The van der Waals surface area contributed by atoms with Gasteiger partial charge in [0.2, 0.25) is 0 Å². The molecule has 0 bridgehead atoms. The number of hydrogen-bond donors (Lipinski definition) is 3. The van der Waals surface area contributed by atoms with Crippen molar-refractivity contribution < 1.29 is 29.3 Å². The summed E-state index contributed by atoms with van der Waals surface area (Å²) >= 11 is 0. The summed E-state index contributed by atoms with van der Waals surface area (Å²) in [5.41, 5.74) is -0.660. The van der Waals surface area contributed by atoms with Crippen molar-refractivity contribution in [2.75, 3.05) is 6.54 Å². The Morgan fingerprint density at radius 3 is 1.94 bits per heavy atom. The van der Waals surface area contributed by atoms with Gasteiger partial charge in [-0.2, -0.15) is 0 Å². The second-order valence-corrected chi connectivity index (χ2v) is 5.01. The first-order valence-electron chi connectivity index (χ1n) is 5.47. The number of carboxylic acids is 2. The summed E-state index contributed by atoms with van der Waals surface area (Å²) in [7, 11) is 0. The average Bonchev–Trinajstić information content (AvgIpc) is 2.10. The summed E-state index contributed by atoms with van der Waals surface area (Å²) in [6, 6.07) is 0. The number of alkyl carbamates (subject to hydrolysis) is 1. The van der Waals surface area contributed by atoms with E-state index < -0.39 is 35.5 Å². The van der Waals surface area contributed by atoms with Gasteiger partial charge in [0.1, 0.15) is 5.60 Å². The van der Waals surface area contributed by atoms with E-state index in [-0.39, 0.29) is 6.54 Å². The van der Waals surface area contributed by atoms with Gasteiger partial charge in [0.25, 0.3) is 0 Å². The van der Waals surface area contributed by atoms with E-state index in [1.165, 1.54) is 6.92 Å². The molecule has 7 nitrogen and oxygen atoms in total. The highest BCUT2D eigenvalue weighted by Crippen LogP contribution is 2.12. The Bertz CT molecular complexity index is 319. The quantitative estimate of drug-likeness (QED) is 0.634. The lowest BCUT2D eigenvalue weighted by molar-refractivity contribution is -0.156. The highest BCUT2D eigenvalue weighted by molar-refractivity contribution is 5.93. The van der Waals surface area contributed by atoms with Crippen LogP contribution < -0.4 is 5.32 Å². The zero-order valence-electron chi connectivity index (χ0n) is 10.9. The van der Waals surface area contributed by atoms with Crippen molar-refractivity contribution in [3.8, 4) is 0 Å². The fourth-order valence-electron chi connectivity index (χ4n) is 1.27. The molecule has 1 atom stereocenters. The third-order valence-corrected chi connectivity index (χ3v) is 2.07. The molecule has 0 aromatic rings. The third kappa shape index (κ3) is 6.07. The Morgan fingerprint density at radius 1 is 1.17 bits per heavy atom. The van der Waals surface area contributed by atoms with Gasteiger partial charge in [0.05, 0.1) is 0 Å². The fraction of sp³-hybridized carbons (Fsp3) is 0.727. The summed E-state index contributed by atoms with van der Waals surface area (Å²) in [6.45, 7) is 6.41. The van der Waals surface area contributed by atoms with Crippen molar-refractivity contribution in [3.05, 3.63) is 0 Å². The van der Waals surface area contributed by atoms with Crippen LogP contribution in [-0.2, 0) is 14.3 Å². The van der Waals surface area contributed by atoms with E-state index in [4.69, 9.17) is 14.9 Å². The van der Waals surface area contributed by atoms with Gasteiger partial charge in [0.15, 0.2) is 5.92 Å². The lowest BCUT2D eigenvalue weighted by Crippen LogP contribution is -2.39. The number of nitrogens with one attached hydrogen (secondary N) is 1. The molecule has 0 aliphatic heterocycles. The molecule has 0 aromatic carbocycles. The molecule has 7 heteroatoms. The van der Waals surface area contributed by atoms with E-state index in [1.54, 1.807) is 20.8 Å². The van der Waals surface area contributed by atoms with Crippen LogP contribution in [-0.4, -0.2) is 40.4 Å². The van der Waals surface area contributed by atoms with Gasteiger partial charge in [-0.25, -0.2) is 4.79 Å². The van der Waals surface area contributed by atoms with Gasteiger partial charge < -0.3 is 20.3 Å². The van der Waals surface area contributed by atoms with Gasteiger partial charge in [-0.15, -0.1) is 0 Å². The van der Waals surface area contributed by atoms with Crippen LogP contribution >= 0.6 is 0 Å². The largest absolute Gasteiger partial charge is 0.481 e. The molecule has 18 heavy (non-hydrogen) atoms. The Hall–Kier alpha value is -1.79. The highest BCUT2D eigenvalue weighted by atomic mass is 16.6. The monoisotopic (exact) mass is 261 g/mol. The molecule has 0 aliphatic rings. The molecule has 0 saturated carbocycles. The molecule has 3 N–H and O–H groups in total. The Labute approximate surface area is 105 Å². The van der Waals surface area contributed by atoms with Crippen LogP contribution in [0.5, 0.6) is 0 Å². The summed E-state index contributed by atoms with van der Waals surface area (Å²) in [5.74, 6) is -5.16. The Morgan fingerprint density at radius 2 is 1.61 bits per heavy atom. The van der Waals surface area contributed by atoms with Crippen LogP contribution in [0.15, 0.2) is 0 Å². The zero-order chi connectivity index (χ0) is 14.5. The van der Waals surface area contributed by atoms with E-state index in [0.29, 0.717) is 0 Å². The number of ether oxygens (including phenoxy) is 1. The predicted octanol–water partition coefficient (Wildman–Crippen LogP) is 0.933. The highest BCUT2D eigenvalue weighted by Gasteiger charge is 2.32. The number of amides is 1. The van der Waals surface area contributed by atoms with Gasteiger partial charge in [-0.1, -0.05) is 6.92 Å². The maximum absolute atomic E-state index is 11.3. The molecular weight excluding hydrogens is 242 g/mol. The minimum atomic E-state index is -1.56. The van der Waals surface area contributed by atoms with Crippen molar-refractivity contribution in [2.45, 2.75) is 33.3 Å². The maximum atomic E-state index is 11.3. The molecule has 0 heterocycles. The minimum absolute atomic E-state index is 0.0851. The van der Waals surface area contributed by atoms with E-state index in [9.17, 15) is 14.4 Å². The van der Waals surface area contributed by atoms with Gasteiger partial charge in [-0.05, 0) is 26.7 Å². The zero-order valence-corrected chi connectivity index (χ0v) is 10.9. The number of carbonyl (C=O) groups excluding carboxylic acids is 1. The standard InChI is InChI=1S/C11H19NO6/c1-6(7(8(13)14)9(15)16)5-12-10(17)18-11(2,3)4/h6-7H,5H2,1-4H3,(H,12,17)(H,13,14)(H,15,16). The Balaban J connectivity index is 4.32. The SMILES string of the molecule is CC(CNC(=O)OC(C)(C)C)C(C(=O)O)C(=O)O. The van der Waals surface area contributed by atoms with E-state index in [2.05, 4.69) is 5.32 Å². The number of rotatable bonds is 5. The number of carbonyl (C=O) groups is 3. The summed E-state index contributed by atoms with van der Waals surface area (Å²) in [6.07, 6.45) is -0.705. The average molecular weight is 261 g/mol. The molecule has 0 rings (SSSR count). The third-order valence-electron chi connectivity index (χ3n) is 2.07. The second-order valence-electron chi connectivity index (χ2n) is 5.01. The predicted molar refractivity (Wildman–Crippen MR) is 62.2 cm³/mol. The molecule has 0 saturated heterocycles. The molecule has 0 spiro atoms. The van der Waals surface area contributed by atoms with E-state index in [0.717, 1.165) is 0 Å². The van der Waals surface area contributed by atoms with Crippen molar-refractivity contribution in [2.24, 2.45) is 11.8 Å². The Kier molecular flexibility index (Phi) is 5.61. The minimum Gasteiger partial charge on any atom is -0.481 e. The fourth-order valence-corrected chi connectivity index (χ4v) is 1.27. The number of carboxylic acid groups (broad SMARTS) is 2. The van der Waals surface area contributed by atoms with Crippen LogP contribution in [0.4, 0.5) is 4.79 Å². The van der Waals surface area contributed by atoms with Crippen molar-refractivity contribution >= 4 is 18.0 Å². The summed E-state index contributed by atoms with van der Waals surface area (Å²) < 4.78 is 4.94. The molecule has 0 radical (unpaired) electrons.